The maximum atomic E-state index is 11.8. The molecule has 3 N–H and O–H groups in total. The molecule has 126 valence electrons. The zero-order chi connectivity index (χ0) is 16.8. The van der Waals surface area contributed by atoms with Gasteiger partial charge in [-0.2, -0.15) is 0 Å². The summed E-state index contributed by atoms with van der Waals surface area (Å²) in [6.45, 7) is 10.8. The summed E-state index contributed by atoms with van der Waals surface area (Å²) in [6.07, 6.45) is 1.59. The fourth-order valence-corrected chi connectivity index (χ4v) is 2.81. The number of aliphatic hydroxyl groups is 1. The number of aromatic nitrogens is 1. The van der Waals surface area contributed by atoms with Crippen LogP contribution in [0, 0.1) is 5.92 Å². The lowest BCUT2D eigenvalue weighted by molar-refractivity contribution is 0.00791. The van der Waals surface area contributed by atoms with Crippen molar-refractivity contribution < 1.29 is 9.90 Å². The molecule has 0 aliphatic heterocycles. The Morgan fingerprint density at radius 1 is 1.41 bits per heavy atom. The molecule has 0 fully saturated rings. The van der Waals surface area contributed by atoms with Crippen LogP contribution in [0.5, 0.6) is 0 Å². The molecule has 0 radical (unpaired) electrons. The number of nitrogens with one attached hydrogen (secondary N) is 2. The molecule has 22 heavy (non-hydrogen) atoms. The Balaban J connectivity index is 2.28. The zero-order valence-corrected chi connectivity index (χ0v) is 15.1. The number of thiazole rings is 1. The Kier molecular flexibility index (Phi) is 7.29. The van der Waals surface area contributed by atoms with Crippen LogP contribution in [0.2, 0.25) is 0 Å². The molecular formula is C16H29N3O2S. The Morgan fingerprint density at radius 2 is 2.09 bits per heavy atom. The van der Waals surface area contributed by atoms with Crippen molar-refractivity contribution in [1.82, 2.24) is 15.6 Å². The van der Waals surface area contributed by atoms with Crippen LogP contribution in [-0.2, 0) is 6.42 Å². The van der Waals surface area contributed by atoms with Crippen LogP contribution in [0.1, 0.15) is 57.7 Å². The first-order chi connectivity index (χ1) is 10.3. The van der Waals surface area contributed by atoms with E-state index in [2.05, 4.69) is 29.5 Å². The molecule has 0 bridgehead atoms. The molecule has 1 aromatic heterocycles. The summed E-state index contributed by atoms with van der Waals surface area (Å²) in [5, 5.41) is 18.9. The summed E-state index contributed by atoms with van der Waals surface area (Å²) < 4.78 is 0. The van der Waals surface area contributed by atoms with Gasteiger partial charge in [0.2, 0.25) is 0 Å². The van der Waals surface area contributed by atoms with Gasteiger partial charge in [0.15, 0.2) is 0 Å². The van der Waals surface area contributed by atoms with Crippen LogP contribution in [0.4, 0.5) is 4.79 Å². The highest BCUT2D eigenvalue weighted by Gasteiger charge is 2.27. The van der Waals surface area contributed by atoms with Gasteiger partial charge >= 0.3 is 6.03 Å². The number of carbonyl (C=O) groups is 1. The molecule has 2 amide bonds. The van der Waals surface area contributed by atoms with Crippen LogP contribution in [0.15, 0.2) is 5.38 Å². The SMILES string of the molecule is CCC(C)C(C)(O)CNC(=O)NCCc1csc(C(C)C)n1. The van der Waals surface area contributed by atoms with Gasteiger partial charge in [0.05, 0.1) is 16.3 Å². The lowest BCUT2D eigenvalue weighted by atomic mass is 9.89. The van der Waals surface area contributed by atoms with Crippen molar-refractivity contribution >= 4 is 17.4 Å². The maximum Gasteiger partial charge on any atom is 0.314 e. The summed E-state index contributed by atoms with van der Waals surface area (Å²) in [5.41, 5.74) is 0.133. The minimum atomic E-state index is -0.882. The van der Waals surface area contributed by atoms with Crippen molar-refractivity contribution in [3.63, 3.8) is 0 Å². The third-order valence-electron chi connectivity index (χ3n) is 4.01. The number of hydrogen-bond acceptors (Lipinski definition) is 4. The van der Waals surface area contributed by atoms with Gasteiger partial charge in [-0.05, 0) is 12.8 Å². The average Bonchev–Trinajstić information content (AvgIpc) is 2.93. The summed E-state index contributed by atoms with van der Waals surface area (Å²) in [4.78, 5) is 16.3. The molecule has 0 saturated heterocycles. The molecule has 5 nitrogen and oxygen atoms in total. The largest absolute Gasteiger partial charge is 0.388 e. The second-order valence-electron chi connectivity index (χ2n) is 6.36. The van der Waals surface area contributed by atoms with Crippen LogP contribution >= 0.6 is 11.3 Å². The Bertz CT molecular complexity index is 472. The number of urea groups is 1. The standard InChI is InChI=1S/C16H29N3O2S/c1-6-12(4)16(5,21)10-18-15(20)17-8-7-13-9-22-14(19-13)11(2)3/h9,11-12,21H,6-8,10H2,1-5H3,(H2,17,18,20). The molecule has 0 saturated carbocycles. The molecule has 0 spiro atoms. The fraction of sp³-hybridized carbons (Fsp3) is 0.750. The smallest absolute Gasteiger partial charge is 0.314 e. The number of hydrogen-bond donors (Lipinski definition) is 3. The lowest BCUT2D eigenvalue weighted by Gasteiger charge is -2.29. The van der Waals surface area contributed by atoms with E-state index in [-0.39, 0.29) is 18.5 Å². The number of carbonyl (C=O) groups excluding carboxylic acids is 1. The monoisotopic (exact) mass is 327 g/mol. The highest BCUT2D eigenvalue weighted by atomic mass is 32.1. The fourth-order valence-electron chi connectivity index (χ4n) is 1.94. The molecule has 1 heterocycles. The van der Waals surface area contributed by atoms with E-state index >= 15 is 0 Å². The third kappa shape index (κ3) is 5.93. The Morgan fingerprint density at radius 3 is 2.64 bits per heavy atom. The zero-order valence-electron chi connectivity index (χ0n) is 14.3. The van der Waals surface area contributed by atoms with Crippen molar-refractivity contribution in [3.05, 3.63) is 16.1 Å². The van der Waals surface area contributed by atoms with Crippen molar-refractivity contribution in [2.24, 2.45) is 5.92 Å². The van der Waals surface area contributed by atoms with E-state index in [1.807, 2.05) is 19.2 Å². The summed E-state index contributed by atoms with van der Waals surface area (Å²) in [6, 6.07) is -0.247. The van der Waals surface area contributed by atoms with Gasteiger partial charge in [0.1, 0.15) is 0 Å². The van der Waals surface area contributed by atoms with Crippen LogP contribution in [0.25, 0.3) is 0 Å². The first kappa shape index (κ1) is 18.9. The van der Waals surface area contributed by atoms with E-state index < -0.39 is 5.60 Å². The average molecular weight is 327 g/mol. The van der Waals surface area contributed by atoms with Gasteiger partial charge in [0, 0.05) is 30.8 Å². The topological polar surface area (TPSA) is 74.2 Å². The number of rotatable bonds is 8. The molecular weight excluding hydrogens is 298 g/mol. The predicted octanol–water partition coefficient (Wildman–Crippen LogP) is 2.91. The van der Waals surface area contributed by atoms with Gasteiger partial charge in [-0.3, -0.25) is 0 Å². The molecule has 2 unspecified atom stereocenters. The quantitative estimate of drug-likeness (QED) is 0.687. The van der Waals surface area contributed by atoms with E-state index in [1.54, 1.807) is 18.3 Å². The molecule has 1 rings (SSSR count). The van der Waals surface area contributed by atoms with Gasteiger partial charge in [-0.1, -0.05) is 34.1 Å². The van der Waals surface area contributed by atoms with E-state index in [4.69, 9.17) is 0 Å². The summed E-state index contributed by atoms with van der Waals surface area (Å²) in [7, 11) is 0. The second-order valence-corrected chi connectivity index (χ2v) is 7.25. The van der Waals surface area contributed by atoms with E-state index in [0.717, 1.165) is 23.5 Å². The third-order valence-corrected chi connectivity index (χ3v) is 5.21. The maximum absolute atomic E-state index is 11.8. The minimum Gasteiger partial charge on any atom is -0.388 e. The van der Waals surface area contributed by atoms with E-state index in [1.165, 1.54) is 0 Å². The van der Waals surface area contributed by atoms with Gasteiger partial charge in [0.25, 0.3) is 0 Å². The number of amides is 2. The lowest BCUT2D eigenvalue weighted by Crippen LogP contribution is -2.48. The van der Waals surface area contributed by atoms with E-state index in [0.29, 0.717) is 12.5 Å². The molecule has 0 aliphatic carbocycles. The summed E-state index contributed by atoms with van der Waals surface area (Å²) in [5.74, 6) is 0.579. The highest BCUT2D eigenvalue weighted by Crippen LogP contribution is 2.19. The second kappa shape index (κ2) is 8.48. The van der Waals surface area contributed by atoms with Crippen molar-refractivity contribution in [2.75, 3.05) is 13.1 Å². The van der Waals surface area contributed by atoms with Crippen molar-refractivity contribution in [1.29, 1.82) is 0 Å². The van der Waals surface area contributed by atoms with Crippen molar-refractivity contribution in [2.45, 2.75) is 59.0 Å². The first-order valence-electron chi connectivity index (χ1n) is 7.94. The van der Waals surface area contributed by atoms with Gasteiger partial charge < -0.3 is 15.7 Å². The van der Waals surface area contributed by atoms with Crippen LogP contribution in [0.3, 0.4) is 0 Å². The van der Waals surface area contributed by atoms with Gasteiger partial charge in [-0.25, -0.2) is 9.78 Å². The summed E-state index contributed by atoms with van der Waals surface area (Å²) >= 11 is 1.66. The van der Waals surface area contributed by atoms with Crippen LogP contribution < -0.4 is 10.6 Å². The molecule has 0 aliphatic rings. The minimum absolute atomic E-state index is 0.136. The molecule has 2 atom stereocenters. The molecule has 0 aromatic carbocycles. The number of nitrogens with zero attached hydrogens (tertiary/aromatic N) is 1. The Labute approximate surface area is 137 Å². The normalized spacial score (nSPS) is 15.4. The van der Waals surface area contributed by atoms with E-state index in [9.17, 15) is 9.90 Å². The van der Waals surface area contributed by atoms with Crippen molar-refractivity contribution in [3.8, 4) is 0 Å². The highest BCUT2D eigenvalue weighted by molar-refractivity contribution is 7.09. The first-order valence-corrected chi connectivity index (χ1v) is 8.82. The van der Waals surface area contributed by atoms with Crippen LogP contribution in [-0.4, -0.2) is 34.8 Å². The molecule has 6 heteroatoms. The van der Waals surface area contributed by atoms with Gasteiger partial charge in [-0.15, -0.1) is 11.3 Å². The Hall–Kier alpha value is -1.14. The molecule has 1 aromatic rings. The predicted molar refractivity (Wildman–Crippen MR) is 91.4 cm³/mol.